The molecule has 0 bridgehead atoms. The van der Waals surface area contributed by atoms with Crippen LogP contribution < -0.4 is 5.73 Å². The van der Waals surface area contributed by atoms with Crippen molar-refractivity contribution in [3.8, 4) is 17.2 Å². The van der Waals surface area contributed by atoms with E-state index in [0.717, 1.165) is 12.3 Å². The summed E-state index contributed by atoms with van der Waals surface area (Å²) in [6.07, 6.45) is -3.41. The van der Waals surface area contributed by atoms with Crippen LogP contribution in [0.3, 0.4) is 0 Å². The number of hydrogen-bond donors (Lipinski definition) is 1. The Morgan fingerprint density at radius 1 is 1.16 bits per heavy atom. The summed E-state index contributed by atoms with van der Waals surface area (Å²) >= 11 is 0. The molecule has 0 spiro atoms. The van der Waals surface area contributed by atoms with Crippen molar-refractivity contribution in [1.29, 1.82) is 5.26 Å². The molecule has 4 nitrogen and oxygen atoms in total. The van der Waals surface area contributed by atoms with Crippen molar-refractivity contribution in [3.05, 3.63) is 41.7 Å². The quantitative estimate of drug-likeness (QED) is 0.859. The fourth-order valence-corrected chi connectivity index (χ4v) is 1.64. The van der Waals surface area contributed by atoms with Crippen molar-refractivity contribution >= 4 is 5.95 Å². The summed E-state index contributed by atoms with van der Waals surface area (Å²) in [6, 6.07) is 6.64. The lowest BCUT2D eigenvalue weighted by Crippen LogP contribution is -2.08. The van der Waals surface area contributed by atoms with Crippen LogP contribution in [-0.4, -0.2) is 9.97 Å². The summed E-state index contributed by atoms with van der Waals surface area (Å²) in [7, 11) is 0. The largest absolute Gasteiger partial charge is 0.417 e. The van der Waals surface area contributed by atoms with E-state index in [1.54, 1.807) is 6.07 Å². The molecule has 0 aliphatic heterocycles. The molecule has 0 aliphatic rings. The zero-order chi connectivity index (χ0) is 14.0. The Balaban J connectivity index is 2.71. The van der Waals surface area contributed by atoms with E-state index in [0.29, 0.717) is 0 Å². The first-order valence-electron chi connectivity index (χ1n) is 5.12. The lowest BCUT2D eigenvalue weighted by Gasteiger charge is -2.13. The van der Waals surface area contributed by atoms with Crippen molar-refractivity contribution in [2.45, 2.75) is 6.18 Å². The van der Waals surface area contributed by atoms with Crippen molar-refractivity contribution in [2.75, 3.05) is 5.73 Å². The number of nitrogen functional groups attached to an aromatic ring is 1. The maximum Gasteiger partial charge on any atom is 0.417 e. The molecule has 0 unspecified atom stereocenters. The number of halogens is 3. The summed E-state index contributed by atoms with van der Waals surface area (Å²) in [4.78, 5) is 7.26. The van der Waals surface area contributed by atoms with Gasteiger partial charge in [-0.25, -0.2) is 9.97 Å². The number of nitriles is 1. The van der Waals surface area contributed by atoms with E-state index < -0.39 is 11.7 Å². The zero-order valence-corrected chi connectivity index (χ0v) is 9.44. The minimum atomic E-state index is -4.52. The molecule has 0 saturated heterocycles. The minimum Gasteiger partial charge on any atom is -0.368 e. The molecule has 2 N–H and O–H groups in total. The Morgan fingerprint density at radius 2 is 1.84 bits per heavy atom. The standard InChI is InChI=1S/C12H7F3N4/c13-12(14,15)9-4-2-1-3-7(9)8-6-18-11(17)19-10(8)5-16/h1-4,6H,(H2,17,18,19). The smallest absolute Gasteiger partial charge is 0.368 e. The molecule has 2 aromatic rings. The summed E-state index contributed by atoms with van der Waals surface area (Å²) in [5, 5.41) is 8.92. The molecule has 7 heteroatoms. The second-order valence-corrected chi connectivity index (χ2v) is 3.65. The predicted octanol–water partition coefficient (Wildman–Crippen LogP) is 2.62. The molecule has 0 saturated carbocycles. The highest BCUT2D eigenvalue weighted by atomic mass is 19.4. The van der Waals surface area contributed by atoms with Crippen LogP contribution in [0.2, 0.25) is 0 Å². The molecule has 1 aromatic carbocycles. The molecule has 0 fully saturated rings. The summed E-state index contributed by atoms with van der Waals surface area (Å²) < 4.78 is 38.7. The number of rotatable bonds is 1. The summed E-state index contributed by atoms with van der Waals surface area (Å²) in [5.41, 5.74) is 4.13. The van der Waals surface area contributed by atoms with Gasteiger partial charge in [0.1, 0.15) is 6.07 Å². The summed E-state index contributed by atoms with van der Waals surface area (Å²) in [6.45, 7) is 0. The van der Waals surface area contributed by atoms with Crippen molar-refractivity contribution < 1.29 is 13.2 Å². The fourth-order valence-electron chi connectivity index (χ4n) is 1.64. The van der Waals surface area contributed by atoms with Gasteiger partial charge in [0.05, 0.1) is 5.56 Å². The Morgan fingerprint density at radius 3 is 2.47 bits per heavy atom. The third-order valence-electron chi connectivity index (χ3n) is 2.44. The molecule has 96 valence electrons. The van der Waals surface area contributed by atoms with Gasteiger partial charge in [0.15, 0.2) is 5.69 Å². The SMILES string of the molecule is N#Cc1nc(N)ncc1-c1ccccc1C(F)(F)F. The lowest BCUT2D eigenvalue weighted by atomic mass is 9.99. The molecular formula is C12H7F3N4. The maximum absolute atomic E-state index is 12.9. The van der Waals surface area contributed by atoms with E-state index in [1.165, 1.54) is 18.2 Å². The van der Waals surface area contributed by atoms with Crippen LogP contribution in [-0.2, 0) is 6.18 Å². The van der Waals surface area contributed by atoms with Gasteiger partial charge in [-0.1, -0.05) is 18.2 Å². The van der Waals surface area contributed by atoms with Crippen LogP contribution in [0.15, 0.2) is 30.5 Å². The topological polar surface area (TPSA) is 75.6 Å². The second-order valence-electron chi connectivity index (χ2n) is 3.65. The predicted molar refractivity (Wildman–Crippen MR) is 61.6 cm³/mol. The normalized spacial score (nSPS) is 11.1. The molecule has 0 aliphatic carbocycles. The Hall–Kier alpha value is -2.62. The van der Waals surface area contributed by atoms with Crippen LogP contribution in [0, 0.1) is 11.3 Å². The third kappa shape index (κ3) is 2.47. The highest BCUT2D eigenvalue weighted by Gasteiger charge is 2.34. The number of anilines is 1. The number of aromatic nitrogens is 2. The highest BCUT2D eigenvalue weighted by Crippen LogP contribution is 2.37. The van der Waals surface area contributed by atoms with Crippen LogP contribution in [0.1, 0.15) is 11.3 Å². The van der Waals surface area contributed by atoms with Gasteiger partial charge in [0, 0.05) is 11.8 Å². The van der Waals surface area contributed by atoms with Gasteiger partial charge in [0.25, 0.3) is 0 Å². The number of hydrogen-bond acceptors (Lipinski definition) is 4. The Bertz CT molecular complexity index is 659. The fraction of sp³-hybridized carbons (Fsp3) is 0.0833. The van der Waals surface area contributed by atoms with Gasteiger partial charge in [-0.2, -0.15) is 18.4 Å². The Kier molecular flexibility index (Phi) is 3.09. The average Bonchev–Trinajstić information content (AvgIpc) is 2.37. The highest BCUT2D eigenvalue weighted by molar-refractivity contribution is 5.72. The van der Waals surface area contributed by atoms with E-state index in [-0.39, 0.29) is 22.8 Å². The number of benzene rings is 1. The second kappa shape index (κ2) is 4.57. The van der Waals surface area contributed by atoms with Gasteiger partial charge in [-0.05, 0) is 11.6 Å². The third-order valence-corrected chi connectivity index (χ3v) is 2.44. The number of nitrogens with zero attached hydrogens (tertiary/aromatic N) is 3. The van der Waals surface area contributed by atoms with Crippen LogP contribution in [0.25, 0.3) is 11.1 Å². The van der Waals surface area contributed by atoms with E-state index in [2.05, 4.69) is 9.97 Å². The van der Waals surface area contributed by atoms with E-state index in [9.17, 15) is 13.2 Å². The molecule has 0 atom stereocenters. The van der Waals surface area contributed by atoms with E-state index >= 15 is 0 Å². The lowest BCUT2D eigenvalue weighted by molar-refractivity contribution is -0.137. The zero-order valence-electron chi connectivity index (χ0n) is 9.44. The molecule has 0 radical (unpaired) electrons. The van der Waals surface area contributed by atoms with Crippen LogP contribution >= 0.6 is 0 Å². The van der Waals surface area contributed by atoms with Gasteiger partial charge < -0.3 is 5.73 Å². The van der Waals surface area contributed by atoms with Crippen molar-refractivity contribution in [3.63, 3.8) is 0 Å². The first-order chi connectivity index (χ1) is 8.93. The average molecular weight is 264 g/mol. The number of alkyl halides is 3. The van der Waals surface area contributed by atoms with E-state index in [1.807, 2.05) is 0 Å². The van der Waals surface area contributed by atoms with Gasteiger partial charge in [0.2, 0.25) is 5.95 Å². The molecule has 0 amide bonds. The molecule has 19 heavy (non-hydrogen) atoms. The van der Waals surface area contributed by atoms with Gasteiger partial charge >= 0.3 is 6.18 Å². The first-order valence-corrected chi connectivity index (χ1v) is 5.12. The monoisotopic (exact) mass is 264 g/mol. The molecular weight excluding hydrogens is 257 g/mol. The molecule has 1 aromatic heterocycles. The van der Waals surface area contributed by atoms with Crippen LogP contribution in [0.5, 0.6) is 0 Å². The van der Waals surface area contributed by atoms with Crippen LogP contribution in [0.4, 0.5) is 19.1 Å². The van der Waals surface area contributed by atoms with Gasteiger partial charge in [-0.15, -0.1) is 0 Å². The maximum atomic E-state index is 12.9. The van der Waals surface area contributed by atoms with E-state index in [4.69, 9.17) is 11.0 Å². The Labute approximate surface area is 106 Å². The first kappa shape index (κ1) is 12.8. The summed E-state index contributed by atoms with van der Waals surface area (Å²) in [5.74, 6) is -0.162. The molecule has 2 rings (SSSR count). The molecule has 1 heterocycles. The van der Waals surface area contributed by atoms with Crippen molar-refractivity contribution in [1.82, 2.24) is 9.97 Å². The van der Waals surface area contributed by atoms with Gasteiger partial charge in [-0.3, -0.25) is 0 Å². The van der Waals surface area contributed by atoms with Crippen molar-refractivity contribution in [2.24, 2.45) is 0 Å². The number of nitrogens with two attached hydrogens (primary N) is 1. The minimum absolute atomic E-state index is 0.00428.